The predicted octanol–water partition coefficient (Wildman–Crippen LogP) is 6.04. The first-order valence-electron chi connectivity index (χ1n) is 11.6. The van der Waals surface area contributed by atoms with E-state index >= 15 is 0 Å². The monoisotopic (exact) mass is 714 g/mol. The molecule has 0 saturated carbocycles. The van der Waals surface area contributed by atoms with E-state index in [1.807, 2.05) is 0 Å². The summed E-state index contributed by atoms with van der Waals surface area (Å²) in [6.45, 7) is -3.25. The van der Waals surface area contributed by atoms with Gasteiger partial charge in [-0.05, 0) is 0 Å². The summed E-state index contributed by atoms with van der Waals surface area (Å²) < 4.78 is 265. The van der Waals surface area contributed by atoms with Crippen molar-refractivity contribution in [1.82, 2.24) is 10.1 Å². The maximum absolute atomic E-state index is 14.2. The molecule has 0 atom stereocenters. The fraction of sp³-hybridized carbons (Fsp3) is 1.00. The topological polar surface area (TPSA) is 69.7 Å². The molecule has 2 rings (SSSR count). The molecule has 0 unspecified atom stereocenters. The van der Waals surface area contributed by atoms with Crippen LogP contribution in [0.5, 0.6) is 0 Å². The van der Waals surface area contributed by atoms with E-state index in [1.54, 1.807) is 0 Å². The van der Waals surface area contributed by atoms with Crippen LogP contribution in [0.25, 0.3) is 0 Å². The van der Waals surface area contributed by atoms with Crippen molar-refractivity contribution in [2.45, 2.75) is 54.1 Å². The maximum Gasteiger partial charge on any atom is 0.508 e. The van der Waals surface area contributed by atoms with Gasteiger partial charge in [-0.15, -0.1) is 0 Å². The Morgan fingerprint density at radius 1 is 0.523 bits per heavy atom. The Labute approximate surface area is 234 Å². The van der Waals surface area contributed by atoms with E-state index in [-0.39, 0.29) is 52.6 Å². The third-order valence-corrected chi connectivity index (χ3v) is 7.18. The van der Waals surface area contributed by atoms with Gasteiger partial charge >= 0.3 is 55.5 Å². The number of hydroxylamine groups is 4. The summed E-state index contributed by atoms with van der Waals surface area (Å²) in [6.07, 6.45) is -10.8. The fourth-order valence-corrected chi connectivity index (χ4v) is 4.57. The van der Waals surface area contributed by atoms with Gasteiger partial charge in [-0.2, -0.15) is 94.0 Å². The second-order valence-corrected chi connectivity index (χ2v) is 10.4. The quantitative estimate of drug-likeness (QED) is 0.160. The van der Waals surface area contributed by atoms with E-state index in [9.17, 15) is 79.2 Å². The largest absolute Gasteiger partial charge is 0.508 e. The minimum absolute atomic E-state index is 0.0796. The molecule has 0 N–H and O–H groups in total. The van der Waals surface area contributed by atoms with Gasteiger partial charge < -0.3 is 9.47 Å². The highest BCUT2D eigenvalue weighted by Gasteiger charge is 2.95. The molecule has 44 heavy (non-hydrogen) atoms. The zero-order valence-electron chi connectivity index (χ0n) is 21.3. The van der Waals surface area contributed by atoms with Crippen LogP contribution in [0, 0.1) is 0 Å². The fourth-order valence-electron chi connectivity index (χ4n) is 3.24. The van der Waals surface area contributed by atoms with Crippen LogP contribution in [-0.2, 0) is 27.8 Å². The second-order valence-electron chi connectivity index (χ2n) is 8.93. The van der Waals surface area contributed by atoms with Crippen LogP contribution < -0.4 is 0 Å². The lowest BCUT2D eigenvalue weighted by Crippen LogP contribution is -2.74. The number of ether oxygens (including phenoxy) is 2. The van der Waals surface area contributed by atoms with Crippen LogP contribution in [0.15, 0.2) is 0 Å². The van der Waals surface area contributed by atoms with Gasteiger partial charge in [0.05, 0.1) is 33.0 Å². The Kier molecular flexibility index (Phi) is 11.3. The molecule has 0 aliphatic carbocycles. The molecule has 262 valence electrons. The predicted molar refractivity (Wildman–Crippen MR) is 106 cm³/mol. The summed E-state index contributed by atoms with van der Waals surface area (Å²) in [6, 6.07) is 0. The Morgan fingerprint density at radius 3 is 1.18 bits per heavy atom. The molecule has 0 amide bonds. The van der Waals surface area contributed by atoms with Crippen molar-refractivity contribution < 1.29 is 102 Å². The molecule has 2 heterocycles. The molecule has 2 fully saturated rings. The van der Waals surface area contributed by atoms with Gasteiger partial charge in [0.25, 0.3) is 0 Å². The molecule has 0 bridgehead atoms. The lowest BCUT2D eigenvalue weighted by molar-refractivity contribution is -0.461. The van der Waals surface area contributed by atoms with E-state index in [4.69, 9.17) is 18.7 Å². The highest BCUT2D eigenvalue weighted by molar-refractivity contribution is 7.48. The van der Waals surface area contributed by atoms with Crippen molar-refractivity contribution in [2.75, 3.05) is 59.2 Å². The van der Waals surface area contributed by atoms with Crippen molar-refractivity contribution in [3.05, 3.63) is 0 Å². The Morgan fingerprint density at radius 2 is 0.841 bits per heavy atom. The van der Waals surface area contributed by atoms with E-state index in [0.29, 0.717) is 0 Å². The van der Waals surface area contributed by atoms with E-state index in [1.165, 1.54) is 0 Å². The average Bonchev–Trinajstić information content (AvgIpc) is 2.88. The molecule has 0 radical (unpaired) electrons. The summed E-state index contributed by atoms with van der Waals surface area (Å²) in [5.74, 6) is -57.3. The van der Waals surface area contributed by atoms with Crippen LogP contribution in [0.2, 0.25) is 0 Å². The van der Waals surface area contributed by atoms with E-state index in [2.05, 4.69) is 4.52 Å². The van der Waals surface area contributed by atoms with E-state index < -0.39 is 68.5 Å². The number of nitrogens with zero attached hydrogens (tertiary/aromatic N) is 2. The molecule has 2 aliphatic heterocycles. The standard InChI is InChI=1S/C18H20F17N2O6P/c19-11(20,1-6-41-44(38,42-36-2-7-39-8-3-36)43-37-4-9-40-10-5-37)12(21,22)13(23,24)14(25,26)15(27,28)16(29,30)17(31,32)18(33,34)35/h1-10H2. The molecule has 0 aromatic rings. The number of phosphoric acid groups is 1. The van der Waals surface area contributed by atoms with Crippen LogP contribution >= 0.6 is 7.82 Å². The average molecular weight is 714 g/mol. The van der Waals surface area contributed by atoms with Gasteiger partial charge in [-0.25, -0.2) is 4.57 Å². The highest BCUT2D eigenvalue weighted by atomic mass is 31.2. The van der Waals surface area contributed by atoms with Crippen molar-refractivity contribution in [1.29, 1.82) is 0 Å². The first kappa shape index (κ1) is 38.9. The van der Waals surface area contributed by atoms with Gasteiger partial charge in [-0.3, -0.25) is 4.52 Å². The van der Waals surface area contributed by atoms with Crippen molar-refractivity contribution in [3.8, 4) is 0 Å². The minimum Gasteiger partial charge on any atom is -0.379 e. The number of morpholine rings is 2. The van der Waals surface area contributed by atoms with Crippen molar-refractivity contribution >= 4 is 7.82 Å². The van der Waals surface area contributed by atoms with Crippen LogP contribution in [0.1, 0.15) is 6.42 Å². The number of halogens is 17. The molecule has 0 spiro atoms. The number of hydrogen-bond donors (Lipinski definition) is 0. The zero-order valence-corrected chi connectivity index (χ0v) is 22.2. The molecule has 2 aliphatic rings. The third-order valence-electron chi connectivity index (χ3n) is 5.82. The summed E-state index contributed by atoms with van der Waals surface area (Å²) in [5.41, 5.74) is 0. The van der Waals surface area contributed by atoms with Gasteiger partial charge in [-0.1, -0.05) is 0 Å². The zero-order chi connectivity index (χ0) is 34.3. The van der Waals surface area contributed by atoms with E-state index in [0.717, 1.165) is 10.1 Å². The number of rotatable bonds is 14. The van der Waals surface area contributed by atoms with Crippen LogP contribution in [0.4, 0.5) is 74.6 Å². The number of hydrogen-bond acceptors (Lipinski definition) is 8. The summed E-state index contributed by atoms with van der Waals surface area (Å²) in [4.78, 5) is 0. The van der Waals surface area contributed by atoms with Crippen molar-refractivity contribution in [2.24, 2.45) is 0 Å². The van der Waals surface area contributed by atoms with Gasteiger partial charge in [0.1, 0.15) is 0 Å². The van der Waals surface area contributed by atoms with Crippen LogP contribution in [0.3, 0.4) is 0 Å². The van der Waals surface area contributed by atoms with Crippen molar-refractivity contribution in [3.63, 3.8) is 0 Å². The summed E-state index contributed by atoms with van der Waals surface area (Å²) in [7, 11) is -5.23. The van der Waals surface area contributed by atoms with Gasteiger partial charge in [0.15, 0.2) is 0 Å². The molecule has 0 aromatic heterocycles. The molecule has 26 heteroatoms. The first-order chi connectivity index (χ1) is 19.6. The first-order valence-corrected chi connectivity index (χ1v) is 13.1. The Hall–Kier alpha value is -1.24. The molecular formula is C18H20F17N2O6P. The number of alkyl halides is 17. The summed E-state index contributed by atoms with van der Waals surface area (Å²) >= 11 is 0. The summed E-state index contributed by atoms with van der Waals surface area (Å²) in [5, 5.41) is 1.59. The Bertz CT molecular complexity index is 995. The third kappa shape index (κ3) is 7.03. The molecule has 8 nitrogen and oxygen atoms in total. The normalized spacial score (nSPS) is 20.3. The lowest BCUT2D eigenvalue weighted by Gasteiger charge is -2.42. The molecular weight excluding hydrogens is 694 g/mol. The lowest BCUT2D eigenvalue weighted by atomic mass is 9.88. The van der Waals surface area contributed by atoms with Gasteiger partial charge in [0.2, 0.25) is 0 Å². The molecule has 2 saturated heterocycles. The molecule has 0 aromatic carbocycles. The second kappa shape index (κ2) is 12.8. The minimum atomic E-state index is -8.73. The Balaban J connectivity index is 2.31. The highest BCUT2D eigenvalue weighted by Crippen LogP contribution is 2.64. The SMILES string of the molecule is O=P(OCCC(F)(F)C(F)(F)C(F)(F)C(F)(F)C(F)(F)C(F)(F)C(F)(F)C(F)(F)F)(ON1CCOCC1)ON1CCOCC1. The smallest absolute Gasteiger partial charge is 0.379 e. The van der Waals surface area contributed by atoms with Crippen LogP contribution in [-0.4, -0.2) is 117 Å². The maximum atomic E-state index is 14.2. The van der Waals surface area contributed by atoms with Gasteiger partial charge in [0, 0.05) is 32.6 Å².